The van der Waals surface area contributed by atoms with Crippen LogP contribution in [0.1, 0.15) is 5.56 Å². The molecule has 4 aromatic rings. The summed E-state index contributed by atoms with van der Waals surface area (Å²) in [7, 11) is 3.21. The van der Waals surface area contributed by atoms with Gasteiger partial charge >= 0.3 is 6.03 Å². The number of aromatic nitrogens is 3. The van der Waals surface area contributed by atoms with E-state index in [0.29, 0.717) is 49.1 Å². The van der Waals surface area contributed by atoms with Crippen molar-refractivity contribution in [2.24, 2.45) is 0 Å². The number of aryl methyl sites for hydroxylation is 1. The molecule has 10 heteroatoms. The van der Waals surface area contributed by atoms with Crippen LogP contribution in [0.15, 0.2) is 54.7 Å². The average Bonchev–Trinajstić information content (AvgIpc) is 2.93. The monoisotopic (exact) mass is 499 g/mol. The molecule has 0 unspecified atom stereocenters. The number of methoxy groups -OCH3 is 2. The fourth-order valence-corrected chi connectivity index (χ4v) is 4.39. The van der Waals surface area contributed by atoms with Crippen molar-refractivity contribution in [3.63, 3.8) is 0 Å². The molecule has 2 aromatic heterocycles. The van der Waals surface area contributed by atoms with Crippen molar-refractivity contribution in [3.05, 3.63) is 60.3 Å². The predicted octanol–water partition coefficient (Wildman–Crippen LogP) is 3.95. The summed E-state index contributed by atoms with van der Waals surface area (Å²) in [5, 5.41) is 3.76. The number of pyridine rings is 1. The summed E-state index contributed by atoms with van der Waals surface area (Å²) in [4.78, 5) is 30.2. The maximum Gasteiger partial charge on any atom is 0.321 e. The highest BCUT2D eigenvalue weighted by Crippen LogP contribution is 2.34. The lowest BCUT2D eigenvalue weighted by Crippen LogP contribution is -2.50. The van der Waals surface area contributed by atoms with Crippen molar-refractivity contribution >= 4 is 34.5 Å². The molecule has 10 nitrogen and oxygen atoms in total. The topological polar surface area (TPSA) is 119 Å². The molecule has 3 N–H and O–H groups in total. The molecule has 2 amide bonds. The number of piperazine rings is 1. The number of nitrogens with two attached hydrogens (primary N) is 1. The number of benzene rings is 2. The van der Waals surface area contributed by atoms with Gasteiger partial charge in [-0.05, 0) is 42.8 Å². The van der Waals surface area contributed by atoms with Crippen LogP contribution in [-0.4, -0.2) is 66.3 Å². The lowest BCUT2D eigenvalue weighted by molar-refractivity contribution is 0.208. The van der Waals surface area contributed by atoms with E-state index in [-0.39, 0.29) is 12.0 Å². The van der Waals surface area contributed by atoms with Crippen LogP contribution in [0.2, 0.25) is 0 Å². The van der Waals surface area contributed by atoms with E-state index in [1.165, 1.54) is 0 Å². The van der Waals surface area contributed by atoms with Crippen LogP contribution < -0.4 is 25.4 Å². The second kappa shape index (κ2) is 10.2. The van der Waals surface area contributed by atoms with Crippen molar-refractivity contribution in [2.45, 2.75) is 6.92 Å². The molecule has 1 saturated heterocycles. The zero-order valence-corrected chi connectivity index (χ0v) is 21.1. The van der Waals surface area contributed by atoms with E-state index in [1.54, 1.807) is 25.3 Å². The number of nitrogen functional groups attached to an aromatic ring is 1. The molecule has 0 spiro atoms. The van der Waals surface area contributed by atoms with Gasteiger partial charge < -0.3 is 30.3 Å². The van der Waals surface area contributed by atoms with Crippen LogP contribution in [-0.2, 0) is 0 Å². The number of nitrogens with zero attached hydrogens (tertiary/aromatic N) is 5. The molecular formula is C27H29N7O3. The summed E-state index contributed by atoms with van der Waals surface area (Å²) in [6, 6.07) is 15.4. The van der Waals surface area contributed by atoms with E-state index in [9.17, 15) is 4.79 Å². The third-order valence-corrected chi connectivity index (χ3v) is 6.43. The van der Waals surface area contributed by atoms with Gasteiger partial charge in [-0.2, -0.15) is 9.97 Å². The molecule has 3 heterocycles. The number of hydrogen-bond donors (Lipinski definition) is 2. The number of amides is 2. The third-order valence-electron chi connectivity index (χ3n) is 6.43. The third kappa shape index (κ3) is 5.04. The highest BCUT2D eigenvalue weighted by molar-refractivity contribution is 5.92. The van der Waals surface area contributed by atoms with Crippen LogP contribution in [0.25, 0.3) is 22.2 Å². The number of carbonyl (C=O) groups is 1. The van der Waals surface area contributed by atoms with Crippen LogP contribution in [0, 0.1) is 6.92 Å². The smallest absolute Gasteiger partial charge is 0.321 e. The van der Waals surface area contributed by atoms with Crippen molar-refractivity contribution in [1.82, 2.24) is 19.9 Å². The number of carbonyl (C=O) groups excluding carboxylic acids is 1. The number of anilines is 3. The predicted molar refractivity (Wildman–Crippen MR) is 144 cm³/mol. The Morgan fingerprint density at radius 3 is 2.35 bits per heavy atom. The number of urea groups is 1. The molecular weight excluding hydrogens is 470 g/mol. The minimum absolute atomic E-state index is 0.118. The Morgan fingerprint density at radius 2 is 1.65 bits per heavy atom. The highest BCUT2D eigenvalue weighted by Gasteiger charge is 2.24. The van der Waals surface area contributed by atoms with E-state index in [4.69, 9.17) is 15.2 Å². The summed E-state index contributed by atoms with van der Waals surface area (Å²) < 4.78 is 10.8. The van der Waals surface area contributed by atoms with Gasteiger partial charge in [0.1, 0.15) is 5.82 Å². The molecule has 0 aliphatic carbocycles. The van der Waals surface area contributed by atoms with E-state index in [0.717, 1.165) is 27.8 Å². The Hall–Kier alpha value is -4.60. The number of fused-ring (bicyclic) bond motifs is 1. The van der Waals surface area contributed by atoms with Crippen LogP contribution in [0.4, 0.5) is 22.2 Å². The second-order valence-electron chi connectivity index (χ2n) is 8.84. The van der Waals surface area contributed by atoms with Crippen molar-refractivity contribution < 1.29 is 14.3 Å². The maximum atomic E-state index is 12.8. The first-order valence-corrected chi connectivity index (χ1v) is 12.0. The molecule has 0 radical (unpaired) electrons. The van der Waals surface area contributed by atoms with Crippen LogP contribution >= 0.6 is 0 Å². The molecule has 1 fully saturated rings. The Morgan fingerprint density at radius 1 is 0.919 bits per heavy atom. The summed E-state index contributed by atoms with van der Waals surface area (Å²) in [6.45, 7) is 4.32. The van der Waals surface area contributed by atoms with Gasteiger partial charge in [-0.15, -0.1) is 0 Å². The van der Waals surface area contributed by atoms with E-state index < -0.39 is 0 Å². The lowest BCUT2D eigenvalue weighted by atomic mass is 10.1. The molecule has 1 aliphatic rings. The number of hydrogen-bond acceptors (Lipinski definition) is 8. The summed E-state index contributed by atoms with van der Waals surface area (Å²) >= 11 is 0. The summed E-state index contributed by atoms with van der Waals surface area (Å²) in [6.07, 6.45) is 1.76. The van der Waals surface area contributed by atoms with E-state index in [1.807, 2.05) is 55.5 Å². The first-order valence-electron chi connectivity index (χ1n) is 12.0. The fraction of sp³-hybridized carbons (Fsp3) is 0.259. The zero-order chi connectivity index (χ0) is 25.9. The van der Waals surface area contributed by atoms with Gasteiger partial charge in [0.25, 0.3) is 0 Å². The van der Waals surface area contributed by atoms with E-state index in [2.05, 4.69) is 25.2 Å². The Balaban J connectivity index is 1.37. The molecule has 37 heavy (non-hydrogen) atoms. The largest absolute Gasteiger partial charge is 0.493 e. The van der Waals surface area contributed by atoms with Gasteiger partial charge in [0.15, 0.2) is 17.1 Å². The molecule has 1 aliphatic heterocycles. The quantitative estimate of drug-likeness (QED) is 0.424. The van der Waals surface area contributed by atoms with Crippen LogP contribution in [0.3, 0.4) is 0 Å². The number of rotatable bonds is 5. The first-order chi connectivity index (χ1) is 17.9. The maximum absolute atomic E-state index is 12.8. The minimum Gasteiger partial charge on any atom is -0.493 e. The normalized spacial score (nSPS) is 13.5. The second-order valence-corrected chi connectivity index (χ2v) is 8.84. The molecule has 190 valence electrons. The Kier molecular flexibility index (Phi) is 6.63. The molecule has 0 atom stereocenters. The van der Waals surface area contributed by atoms with Crippen molar-refractivity contribution in [1.29, 1.82) is 0 Å². The molecule has 0 bridgehead atoms. The van der Waals surface area contributed by atoms with Gasteiger partial charge in [0.2, 0.25) is 5.95 Å². The van der Waals surface area contributed by atoms with Gasteiger partial charge in [-0.3, -0.25) is 0 Å². The first kappa shape index (κ1) is 24.1. The van der Waals surface area contributed by atoms with Gasteiger partial charge in [0.05, 0.1) is 19.6 Å². The highest BCUT2D eigenvalue weighted by atomic mass is 16.5. The minimum atomic E-state index is -0.118. The van der Waals surface area contributed by atoms with Gasteiger partial charge in [0, 0.05) is 43.6 Å². The Labute approximate surface area is 215 Å². The lowest BCUT2D eigenvalue weighted by Gasteiger charge is -2.35. The van der Waals surface area contributed by atoms with Crippen molar-refractivity contribution in [2.75, 3.05) is 56.3 Å². The van der Waals surface area contributed by atoms with E-state index >= 15 is 0 Å². The molecule has 2 aromatic carbocycles. The fourth-order valence-electron chi connectivity index (χ4n) is 4.39. The standard InChI is InChI=1S/C27H29N7O3/c1-17-4-7-20(8-5-17)30-27(35)34-12-10-33(11-13-34)25-21-14-19(16-29-24(21)31-26(28)32-25)18-6-9-22(36-2)23(15-18)37-3/h4-9,14-16H,10-13H2,1-3H3,(H,30,35)(H2,28,29,31,32). The number of ether oxygens (including phenoxy) is 2. The van der Waals surface area contributed by atoms with Crippen LogP contribution in [0.5, 0.6) is 11.5 Å². The zero-order valence-electron chi connectivity index (χ0n) is 21.1. The summed E-state index contributed by atoms with van der Waals surface area (Å²) in [5.41, 5.74) is 10.3. The molecule has 5 rings (SSSR count). The SMILES string of the molecule is COc1ccc(-c2cnc3nc(N)nc(N4CCN(C(=O)Nc5ccc(C)cc5)CC4)c3c2)cc1OC. The van der Waals surface area contributed by atoms with Crippen molar-refractivity contribution in [3.8, 4) is 22.6 Å². The average molecular weight is 500 g/mol. The summed E-state index contributed by atoms with van der Waals surface area (Å²) in [5.74, 6) is 2.15. The van der Waals surface area contributed by atoms with Gasteiger partial charge in [-0.1, -0.05) is 23.8 Å². The van der Waals surface area contributed by atoms with Gasteiger partial charge in [-0.25, -0.2) is 9.78 Å². The number of nitrogens with one attached hydrogen (secondary N) is 1. The Bertz CT molecular complexity index is 1430. The molecule has 0 saturated carbocycles.